The molecule has 0 aliphatic carbocycles. The summed E-state index contributed by atoms with van der Waals surface area (Å²) in [4.78, 5) is 11.5. The number of amides is 1. The molecule has 0 unspecified atom stereocenters. The first-order valence-electron chi connectivity index (χ1n) is 8.17. The summed E-state index contributed by atoms with van der Waals surface area (Å²) in [6, 6.07) is 0. The fourth-order valence-corrected chi connectivity index (χ4v) is 2.68. The van der Waals surface area contributed by atoms with E-state index < -0.39 is 10.1 Å². The van der Waals surface area contributed by atoms with Gasteiger partial charge in [0.1, 0.15) is 0 Å². The van der Waals surface area contributed by atoms with Gasteiger partial charge in [-0.05, 0) is 12.8 Å². The molecular formula is C15H31NO4S. The number of hydrogen-bond acceptors (Lipinski definition) is 3. The highest BCUT2D eigenvalue weighted by molar-refractivity contribution is 7.85. The summed E-state index contributed by atoms with van der Waals surface area (Å²) in [5, 5.41) is 2.67. The molecular weight excluding hydrogens is 290 g/mol. The molecule has 0 aromatic heterocycles. The second kappa shape index (κ2) is 13.1. The van der Waals surface area contributed by atoms with Crippen LogP contribution in [0.5, 0.6) is 0 Å². The average Bonchev–Trinajstić information content (AvgIpc) is 2.41. The molecule has 0 aromatic rings. The zero-order valence-corrected chi connectivity index (χ0v) is 14.1. The highest BCUT2D eigenvalue weighted by Crippen LogP contribution is 2.10. The van der Waals surface area contributed by atoms with Crippen LogP contribution in [0.4, 0.5) is 0 Å². The van der Waals surface area contributed by atoms with Crippen LogP contribution in [0.3, 0.4) is 0 Å². The zero-order valence-electron chi connectivity index (χ0n) is 13.3. The van der Waals surface area contributed by atoms with Gasteiger partial charge in [-0.3, -0.25) is 9.35 Å². The van der Waals surface area contributed by atoms with Crippen molar-refractivity contribution >= 4 is 16.0 Å². The Labute approximate surface area is 129 Å². The Morgan fingerprint density at radius 2 is 1.43 bits per heavy atom. The van der Waals surface area contributed by atoms with Crippen molar-refractivity contribution in [3.63, 3.8) is 0 Å². The molecule has 21 heavy (non-hydrogen) atoms. The zero-order chi connectivity index (χ0) is 16.0. The lowest BCUT2D eigenvalue weighted by atomic mass is 10.1. The third kappa shape index (κ3) is 17.3. The summed E-state index contributed by atoms with van der Waals surface area (Å²) in [6.45, 7) is 2.52. The van der Waals surface area contributed by atoms with Crippen LogP contribution in [0.1, 0.15) is 77.6 Å². The molecule has 0 aliphatic heterocycles. The van der Waals surface area contributed by atoms with Gasteiger partial charge in [-0.2, -0.15) is 8.42 Å². The van der Waals surface area contributed by atoms with Crippen LogP contribution in [-0.2, 0) is 14.9 Å². The molecule has 0 aromatic carbocycles. The van der Waals surface area contributed by atoms with Crippen LogP contribution in [0.2, 0.25) is 0 Å². The fourth-order valence-electron chi connectivity index (χ4n) is 2.17. The molecule has 126 valence electrons. The molecule has 0 spiro atoms. The van der Waals surface area contributed by atoms with Gasteiger partial charge in [-0.25, -0.2) is 0 Å². The number of nitrogens with one attached hydrogen (secondary N) is 1. The summed E-state index contributed by atoms with van der Waals surface area (Å²) >= 11 is 0. The van der Waals surface area contributed by atoms with Gasteiger partial charge in [-0.15, -0.1) is 0 Å². The minimum Gasteiger partial charge on any atom is -0.356 e. The van der Waals surface area contributed by atoms with Crippen molar-refractivity contribution in [1.29, 1.82) is 0 Å². The van der Waals surface area contributed by atoms with E-state index in [4.69, 9.17) is 4.55 Å². The first-order valence-corrected chi connectivity index (χ1v) is 9.78. The Morgan fingerprint density at radius 1 is 0.905 bits per heavy atom. The second-order valence-electron chi connectivity index (χ2n) is 5.57. The maximum Gasteiger partial charge on any atom is 0.264 e. The van der Waals surface area contributed by atoms with Gasteiger partial charge in [0.15, 0.2) is 0 Å². The normalized spacial score (nSPS) is 11.5. The first kappa shape index (κ1) is 20.4. The van der Waals surface area contributed by atoms with E-state index >= 15 is 0 Å². The van der Waals surface area contributed by atoms with E-state index in [1.165, 1.54) is 44.9 Å². The summed E-state index contributed by atoms with van der Waals surface area (Å²) in [5.41, 5.74) is 0. The molecule has 0 atom stereocenters. The molecule has 5 nitrogen and oxygen atoms in total. The molecule has 0 saturated carbocycles. The van der Waals surface area contributed by atoms with Gasteiger partial charge in [0.05, 0.1) is 5.75 Å². The van der Waals surface area contributed by atoms with E-state index in [0.717, 1.165) is 12.8 Å². The summed E-state index contributed by atoms with van der Waals surface area (Å²) in [7, 11) is -3.91. The molecule has 0 heterocycles. The Morgan fingerprint density at radius 3 is 1.95 bits per heavy atom. The topological polar surface area (TPSA) is 83.5 Å². The maximum absolute atomic E-state index is 11.5. The lowest BCUT2D eigenvalue weighted by molar-refractivity contribution is -0.121. The molecule has 0 aliphatic rings. The predicted octanol–water partition coefficient (Wildman–Crippen LogP) is 3.30. The summed E-state index contributed by atoms with van der Waals surface area (Å²) in [5.74, 6) is -0.334. The van der Waals surface area contributed by atoms with Crippen LogP contribution >= 0.6 is 0 Å². The number of carbonyl (C=O) groups is 1. The van der Waals surface area contributed by atoms with E-state index in [2.05, 4.69) is 12.2 Å². The van der Waals surface area contributed by atoms with Gasteiger partial charge in [0.25, 0.3) is 10.1 Å². The largest absolute Gasteiger partial charge is 0.356 e. The standard InChI is InChI=1S/C15H31NO4S/c1-2-3-4-5-6-7-8-9-10-12-15(17)16-13-11-14-21(18,19)20/h2-14H2,1H3,(H,16,17)(H,18,19,20). The van der Waals surface area contributed by atoms with E-state index in [1.54, 1.807) is 0 Å². The van der Waals surface area contributed by atoms with Gasteiger partial charge >= 0.3 is 0 Å². The van der Waals surface area contributed by atoms with Crippen molar-refractivity contribution in [2.24, 2.45) is 0 Å². The molecule has 0 saturated heterocycles. The SMILES string of the molecule is CCCCCCCCCCCC(=O)NCCCS(=O)(=O)O. The van der Waals surface area contributed by atoms with Crippen LogP contribution < -0.4 is 5.32 Å². The third-order valence-corrected chi connectivity index (χ3v) is 4.21. The van der Waals surface area contributed by atoms with Crippen molar-refractivity contribution in [1.82, 2.24) is 5.32 Å². The Bertz CT molecular complexity index is 355. The minimum absolute atomic E-state index is 0.0340. The van der Waals surface area contributed by atoms with Crippen molar-refractivity contribution in [2.75, 3.05) is 12.3 Å². The van der Waals surface area contributed by atoms with Crippen LogP contribution in [0.15, 0.2) is 0 Å². The number of unbranched alkanes of at least 4 members (excludes halogenated alkanes) is 8. The van der Waals surface area contributed by atoms with E-state index in [9.17, 15) is 13.2 Å². The Balaban J connectivity index is 3.27. The molecule has 6 heteroatoms. The molecule has 0 fully saturated rings. The molecule has 1 amide bonds. The first-order chi connectivity index (χ1) is 9.95. The predicted molar refractivity (Wildman–Crippen MR) is 85.9 cm³/mol. The number of carbonyl (C=O) groups excluding carboxylic acids is 1. The second-order valence-corrected chi connectivity index (χ2v) is 7.14. The van der Waals surface area contributed by atoms with E-state index in [0.29, 0.717) is 13.0 Å². The molecule has 0 bridgehead atoms. The highest BCUT2D eigenvalue weighted by Gasteiger charge is 2.05. The lowest BCUT2D eigenvalue weighted by Crippen LogP contribution is -2.25. The fraction of sp³-hybridized carbons (Fsp3) is 0.933. The van der Waals surface area contributed by atoms with Gasteiger partial charge in [0, 0.05) is 13.0 Å². The van der Waals surface area contributed by atoms with Crippen molar-refractivity contribution < 1.29 is 17.8 Å². The Kier molecular flexibility index (Phi) is 12.7. The Hall–Kier alpha value is -0.620. The third-order valence-electron chi connectivity index (χ3n) is 3.41. The molecule has 2 N–H and O–H groups in total. The van der Waals surface area contributed by atoms with Crippen LogP contribution in [0, 0.1) is 0 Å². The monoisotopic (exact) mass is 321 g/mol. The maximum atomic E-state index is 11.5. The smallest absolute Gasteiger partial charge is 0.264 e. The lowest BCUT2D eigenvalue weighted by Gasteiger charge is -2.05. The van der Waals surface area contributed by atoms with Gasteiger partial charge < -0.3 is 5.32 Å². The number of hydrogen-bond donors (Lipinski definition) is 2. The highest BCUT2D eigenvalue weighted by atomic mass is 32.2. The molecule has 0 radical (unpaired) electrons. The van der Waals surface area contributed by atoms with E-state index in [-0.39, 0.29) is 18.1 Å². The van der Waals surface area contributed by atoms with Gasteiger partial charge in [-0.1, -0.05) is 58.3 Å². The summed E-state index contributed by atoms with van der Waals surface area (Å²) in [6.07, 6.45) is 11.7. The van der Waals surface area contributed by atoms with Crippen molar-refractivity contribution in [3.8, 4) is 0 Å². The summed E-state index contributed by atoms with van der Waals surface area (Å²) < 4.78 is 29.5. The van der Waals surface area contributed by atoms with Crippen molar-refractivity contribution in [2.45, 2.75) is 77.6 Å². The van der Waals surface area contributed by atoms with Gasteiger partial charge in [0.2, 0.25) is 5.91 Å². The number of rotatable bonds is 14. The quantitative estimate of drug-likeness (QED) is 0.380. The van der Waals surface area contributed by atoms with Crippen LogP contribution in [0.25, 0.3) is 0 Å². The average molecular weight is 321 g/mol. The minimum atomic E-state index is -3.91. The van der Waals surface area contributed by atoms with E-state index in [1.807, 2.05) is 0 Å². The van der Waals surface area contributed by atoms with Crippen molar-refractivity contribution in [3.05, 3.63) is 0 Å². The van der Waals surface area contributed by atoms with Crippen LogP contribution in [-0.4, -0.2) is 31.2 Å². The molecule has 0 rings (SSSR count).